The molecule has 1 saturated carbocycles. The van der Waals surface area contributed by atoms with Crippen LogP contribution in [0.15, 0.2) is 42.7 Å². The first kappa shape index (κ1) is 17.6. The van der Waals surface area contributed by atoms with Crippen molar-refractivity contribution in [2.75, 3.05) is 6.61 Å². The Bertz CT molecular complexity index is 706. The van der Waals surface area contributed by atoms with Crippen LogP contribution >= 0.6 is 0 Å². The zero-order valence-corrected chi connectivity index (χ0v) is 15.2. The van der Waals surface area contributed by atoms with Crippen molar-refractivity contribution in [3.05, 3.63) is 65.0 Å². The third-order valence-electron chi connectivity index (χ3n) is 4.53. The van der Waals surface area contributed by atoms with E-state index in [0.717, 1.165) is 11.1 Å². The quantitative estimate of drug-likeness (QED) is 0.837. The lowest BCUT2D eigenvalue weighted by Crippen LogP contribution is -2.38. The molecular formula is C21H26N2O2. The Balaban J connectivity index is 1.79. The average molecular weight is 338 g/mol. The average Bonchev–Trinajstić information content (AvgIpc) is 3.41. The summed E-state index contributed by atoms with van der Waals surface area (Å²) in [6.45, 7) is 6.63. The summed E-state index contributed by atoms with van der Waals surface area (Å²) in [7, 11) is 0. The summed E-state index contributed by atoms with van der Waals surface area (Å²) < 4.78 is 5.72. The van der Waals surface area contributed by atoms with Gasteiger partial charge in [0.2, 0.25) is 5.91 Å². The highest BCUT2D eigenvalue weighted by molar-refractivity contribution is 5.81. The molecule has 0 spiro atoms. The highest BCUT2D eigenvalue weighted by atomic mass is 16.5. The van der Waals surface area contributed by atoms with Crippen LogP contribution in [0.2, 0.25) is 0 Å². The molecule has 2 unspecified atom stereocenters. The molecule has 2 atom stereocenters. The molecule has 1 fully saturated rings. The molecule has 0 radical (unpaired) electrons. The maximum absolute atomic E-state index is 12.6. The molecule has 4 heteroatoms. The predicted molar refractivity (Wildman–Crippen MR) is 98.3 cm³/mol. The Morgan fingerprint density at radius 1 is 1.24 bits per heavy atom. The number of nitrogens with zero attached hydrogens (tertiary/aromatic N) is 1. The summed E-state index contributed by atoms with van der Waals surface area (Å²) in [6.07, 6.45) is 5.53. The number of pyridine rings is 1. The number of carbonyl (C=O) groups is 1. The fourth-order valence-corrected chi connectivity index (χ4v) is 2.98. The van der Waals surface area contributed by atoms with Crippen LogP contribution in [0.25, 0.3) is 0 Å². The topological polar surface area (TPSA) is 51.2 Å². The Morgan fingerprint density at radius 2 is 1.96 bits per heavy atom. The van der Waals surface area contributed by atoms with Crippen LogP contribution in [0, 0.1) is 19.8 Å². The summed E-state index contributed by atoms with van der Waals surface area (Å²) in [5.41, 5.74) is 4.39. The number of amides is 1. The number of carbonyl (C=O) groups excluding carboxylic acids is 1. The Morgan fingerprint density at radius 3 is 2.56 bits per heavy atom. The lowest BCUT2D eigenvalue weighted by molar-refractivity contribution is -0.132. The van der Waals surface area contributed by atoms with Crippen molar-refractivity contribution in [1.82, 2.24) is 10.3 Å². The lowest BCUT2D eigenvalue weighted by atomic mass is 9.96. The minimum Gasteiger partial charge on any atom is -0.368 e. The first-order chi connectivity index (χ1) is 12.0. The van der Waals surface area contributed by atoms with Crippen LogP contribution in [0.3, 0.4) is 0 Å². The third kappa shape index (κ3) is 4.89. The summed E-state index contributed by atoms with van der Waals surface area (Å²) in [6, 6.07) is 10.0. The van der Waals surface area contributed by atoms with Gasteiger partial charge in [0.25, 0.3) is 0 Å². The Kier molecular flexibility index (Phi) is 5.49. The molecule has 1 N–H and O–H groups in total. The maximum atomic E-state index is 12.6. The molecule has 3 rings (SSSR count). The van der Waals surface area contributed by atoms with Crippen molar-refractivity contribution in [2.24, 2.45) is 5.92 Å². The third-order valence-corrected chi connectivity index (χ3v) is 4.53. The number of ether oxygens (including phenoxy) is 1. The first-order valence-electron chi connectivity index (χ1n) is 8.93. The van der Waals surface area contributed by atoms with Gasteiger partial charge in [0, 0.05) is 12.4 Å². The molecule has 1 aromatic heterocycles. The molecule has 1 amide bonds. The van der Waals surface area contributed by atoms with Crippen molar-refractivity contribution >= 4 is 5.91 Å². The van der Waals surface area contributed by atoms with E-state index < -0.39 is 6.10 Å². The minimum atomic E-state index is -0.453. The minimum absolute atomic E-state index is 0.0892. The van der Waals surface area contributed by atoms with Gasteiger partial charge in [-0.1, -0.05) is 35.4 Å². The molecule has 1 aliphatic carbocycles. The standard InChI is InChI=1S/C21H26N2O2/c1-14-9-15(2)11-19(10-14)20(18-5-4-8-22-12-18)23-21(24)16(3)25-13-17-6-7-17/h4-5,8-12,16-17,20H,6-7,13H2,1-3H3,(H,23,24). The number of nitrogens with one attached hydrogen (secondary N) is 1. The summed E-state index contributed by atoms with van der Waals surface area (Å²) in [5.74, 6) is 0.553. The number of aromatic nitrogens is 1. The Labute approximate surface area is 149 Å². The molecule has 1 aromatic carbocycles. The summed E-state index contributed by atoms with van der Waals surface area (Å²) in [5, 5.41) is 3.14. The van der Waals surface area contributed by atoms with Crippen molar-refractivity contribution < 1.29 is 9.53 Å². The van der Waals surface area contributed by atoms with Crippen LogP contribution in [-0.4, -0.2) is 23.6 Å². The number of benzene rings is 1. The normalized spacial score (nSPS) is 16.3. The van der Waals surface area contributed by atoms with Gasteiger partial charge < -0.3 is 10.1 Å². The fourth-order valence-electron chi connectivity index (χ4n) is 2.98. The monoisotopic (exact) mass is 338 g/mol. The van der Waals surface area contributed by atoms with Gasteiger partial charge in [-0.25, -0.2) is 0 Å². The van der Waals surface area contributed by atoms with E-state index in [0.29, 0.717) is 12.5 Å². The maximum Gasteiger partial charge on any atom is 0.249 e. The van der Waals surface area contributed by atoms with E-state index in [9.17, 15) is 4.79 Å². The van der Waals surface area contributed by atoms with Gasteiger partial charge in [-0.15, -0.1) is 0 Å². The van der Waals surface area contributed by atoms with Crippen molar-refractivity contribution in [1.29, 1.82) is 0 Å². The highest BCUT2D eigenvalue weighted by Gasteiger charge is 2.26. The molecule has 25 heavy (non-hydrogen) atoms. The van der Waals surface area contributed by atoms with Gasteiger partial charge >= 0.3 is 0 Å². The number of hydrogen-bond acceptors (Lipinski definition) is 3. The van der Waals surface area contributed by atoms with Gasteiger partial charge in [-0.05, 0) is 56.7 Å². The van der Waals surface area contributed by atoms with Crippen molar-refractivity contribution in [3.63, 3.8) is 0 Å². The van der Waals surface area contributed by atoms with E-state index in [4.69, 9.17) is 4.74 Å². The largest absolute Gasteiger partial charge is 0.368 e. The van der Waals surface area contributed by atoms with Crippen LogP contribution in [0.1, 0.15) is 48.1 Å². The summed E-state index contributed by atoms with van der Waals surface area (Å²) >= 11 is 0. The smallest absolute Gasteiger partial charge is 0.249 e. The zero-order chi connectivity index (χ0) is 17.8. The van der Waals surface area contributed by atoms with Gasteiger partial charge in [-0.2, -0.15) is 0 Å². The van der Waals surface area contributed by atoms with E-state index in [1.54, 1.807) is 12.4 Å². The predicted octanol–water partition coefficient (Wildman–Crippen LogP) is 3.72. The first-order valence-corrected chi connectivity index (χ1v) is 8.93. The molecule has 2 aromatic rings. The SMILES string of the molecule is Cc1cc(C)cc(C(NC(=O)C(C)OCC2CC2)c2cccnc2)c1. The van der Waals surface area contributed by atoms with E-state index in [1.165, 1.54) is 24.0 Å². The molecule has 1 heterocycles. The zero-order valence-electron chi connectivity index (χ0n) is 15.2. The van der Waals surface area contributed by atoms with Gasteiger partial charge in [0.05, 0.1) is 12.6 Å². The summed E-state index contributed by atoms with van der Waals surface area (Å²) in [4.78, 5) is 16.9. The van der Waals surface area contributed by atoms with Crippen molar-refractivity contribution in [2.45, 2.75) is 45.8 Å². The van der Waals surface area contributed by atoms with Crippen molar-refractivity contribution in [3.8, 4) is 0 Å². The van der Waals surface area contributed by atoms with Gasteiger partial charge in [0.1, 0.15) is 6.10 Å². The Hall–Kier alpha value is -2.20. The number of hydrogen-bond donors (Lipinski definition) is 1. The molecule has 0 aliphatic heterocycles. The van der Waals surface area contributed by atoms with E-state index in [1.807, 2.05) is 19.1 Å². The highest BCUT2D eigenvalue weighted by Crippen LogP contribution is 2.29. The second kappa shape index (κ2) is 7.79. The molecule has 0 bridgehead atoms. The van der Waals surface area contributed by atoms with Crippen LogP contribution in [-0.2, 0) is 9.53 Å². The van der Waals surface area contributed by atoms with E-state index in [-0.39, 0.29) is 11.9 Å². The molecule has 132 valence electrons. The molecule has 0 saturated heterocycles. The fraction of sp³-hybridized carbons (Fsp3) is 0.429. The lowest BCUT2D eigenvalue weighted by Gasteiger charge is -2.23. The van der Waals surface area contributed by atoms with Gasteiger partial charge in [0.15, 0.2) is 0 Å². The van der Waals surface area contributed by atoms with Crippen LogP contribution in [0.5, 0.6) is 0 Å². The molecular weight excluding hydrogens is 312 g/mol. The number of aryl methyl sites for hydroxylation is 2. The van der Waals surface area contributed by atoms with Gasteiger partial charge in [-0.3, -0.25) is 9.78 Å². The number of rotatable bonds is 7. The van der Waals surface area contributed by atoms with E-state index >= 15 is 0 Å². The van der Waals surface area contributed by atoms with E-state index in [2.05, 4.69) is 42.3 Å². The van der Waals surface area contributed by atoms with Crippen LogP contribution in [0.4, 0.5) is 0 Å². The second-order valence-corrected chi connectivity index (χ2v) is 7.07. The van der Waals surface area contributed by atoms with Crippen LogP contribution < -0.4 is 5.32 Å². The second-order valence-electron chi connectivity index (χ2n) is 7.07. The molecule has 4 nitrogen and oxygen atoms in total. The molecule has 1 aliphatic rings.